The number of morpholine rings is 1. The monoisotopic (exact) mass is 288 g/mol. The Bertz CT molecular complexity index is 459. The summed E-state index contributed by atoms with van der Waals surface area (Å²) in [5.74, 6) is 0.471. The third kappa shape index (κ3) is 4.05. The van der Waals surface area contributed by atoms with E-state index in [0.717, 1.165) is 39.1 Å². The van der Waals surface area contributed by atoms with Gasteiger partial charge in [0.25, 0.3) is 0 Å². The van der Waals surface area contributed by atoms with Crippen LogP contribution in [0.3, 0.4) is 0 Å². The van der Waals surface area contributed by atoms with Crippen LogP contribution in [0.5, 0.6) is 0 Å². The highest BCUT2D eigenvalue weighted by Crippen LogP contribution is 2.26. The summed E-state index contributed by atoms with van der Waals surface area (Å²) in [5.41, 5.74) is 1.33. The molecule has 0 unspecified atom stereocenters. The van der Waals surface area contributed by atoms with Crippen molar-refractivity contribution in [3.63, 3.8) is 0 Å². The van der Waals surface area contributed by atoms with Crippen LogP contribution < -0.4 is 5.32 Å². The third-order valence-electron chi connectivity index (χ3n) is 4.45. The van der Waals surface area contributed by atoms with Crippen LogP contribution in [0, 0.1) is 5.92 Å². The smallest absolute Gasteiger partial charge is 0.223 e. The van der Waals surface area contributed by atoms with Gasteiger partial charge in [-0.15, -0.1) is 0 Å². The van der Waals surface area contributed by atoms with Gasteiger partial charge in [0.2, 0.25) is 5.91 Å². The van der Waals surface area contributed by atoms with Crippen LogP contribution in [0.2, 0.25) is 0 Å². The average Bonchev–Trinajstić information content (AvgIpc) is 2.45. The summed E-state index contributed by atoms with van der Waals surface area (Å²) in [5, 5.41) is 3.05. The third-order valence-corrected chi connectivity index (χ3v) is 4.45. The molecule has 1 saturated heterocycles. The van der Waals surface area contributed by atoms with Crippen molar-refractivity contribution in [2.24, 2.45) is 5.92 Å². The number of benzene rings is 1. The van der Waals surface area contributed by atoms with Gasteiger partial charge < -0.3 is 10.1 Å². The van der Waals surface area contributed by atoms with Gasteiger partial charge in [0.15, 0.2) is 0 Å². The van der Waals surface area contributed by atoms with Gasteiger partial charge in [-0.1, -0.05) is 36.8 Å². The summed E-state index contributed by atoms with van der Waals surface area (Å²) in [6, 6.07) is 10.5. The molecule has 0 radical (unpaired) electrons. The van der Waals surface area contributed by atoms with Crippen LogP contribution >= 0.6 is 0 Å². The SMILES string of the molecule is O=C(NC[C@H]1CN(Cc2ccccc2)CCO1)C1CCC1. The lowest BCUT2D eigenvalue weighted by Crippen LogP contribution is -2.48. The zero-order valence-electron chi connectivity index (χ0n) is 12.5. The number of nitrogens with one attached hydrogen (secondary N) is 1. The molecule has 3 rings (SSSR count). The Morgan fingerprint density at radius 2 is 2.10 bits per heavy atom. The summed E-state index contributed by atoms with van der Waals surface area (Å²) < 4.78 is 5.77. The van der Waals surface area contributed by atoms with Gasteiger partial charge in [0.1, 0.15) is 0 Å². The first kappa shape index (κ1) is 14.5. The summed E-state index contributed by atoms with van der Waals surface area (Å²) >= 11 is 0. The van der Waals surface area contributed by atoms with Gasteiger partial charge in [-0.3, -0.25) is 9.69 Å². The van der Waals surface area contributed by atoms with E-state index in [1.54, 1.807) is 0 Å². The highest BCUT2D eigenvalue weighted by molar-refractivity contribution is 5.79. The number of carbonyl (C=O) groups is 1. The molecule has 114 valence electrons. The number of ether oxygens (including phenoxy) is 1. The second-order valence-electron chi connectivity index (χ2n) is 6.09. The van der Waals surface area contributed by atoms with Crippen LogP contribution in [-0.4, -0.2) is 43.2 Å². The van der Waals surface area contributed by atoms with Crippen molar-refractivity contribution in [1.29, 1.82) is 0 Å². The first-order valence-electron chi connectivity index (χ1n) is 7.97. The Morgan fingerprint density at radius 1 is 1.29 bits per heavy atom. The number of hydrogen-bond acceptors (Lipinski definition) is 3. The summed E-state index contributed by atoms with van der Waals surface area (Å²) in [6.45, 7) is 4.19. The van der Waals surface area contributed by atoms with Crippen molar-refractivity contribution in [2.75, 3.05) is 26.2 Å². The Morgan fingerprint density at radius 3 is 2.81 bits per heavy atom. The first-order valence-corrected chi connectivity index (χ1v) is 7.97. The maximum absolute atomic E-state index is 11.9. The summed E-state index contributed by atoms with van der Waals surface area (Å²) in [4.78, 5) is 14.3. The lowest BCUT2D eigenvalue weighted by Gasteiger charge is -2.33. The predicted molar refractivity (Wildman–Crippen MR) is 81.8 cm³/mol. The van der Waals surface area contributed by atoms with Crippen LogP contribution in [0.4, 0.5) is 0 Å². The maximum atomic E-state index is 11.9. The normalized spacial score (nSPS) is 23.5. The van der Waals surface area contributed by atoms with Crippen molar-refractivity contribution in [2.45, 2.75) is 31.9 Å². The Kier molecular flexibility index (Phi) is 4.88. The van der Waals surface area contributed by atoms with Crippen molar-refractivity contribution in [1.82, 2.24) is 10.2 Å². The second-order valence-corrected chi connectivity index (χ2v) is 6.09. The quantitative estimate of drug-likeness (QED) is 0.898. The van der Waals surface area contributed by atoms with E-state index >= 15 is 0 Å². The Labute approximate surface area is 126 Å². The van der Waals surface area contributed by atoms with E-state index in [-0.39, 0.29) is 17.9 Å². The van der Waals surface area contributed by atoms with E-state index in [0.29, 0.717) is 6.54 Å². The number of carbonyl (C=O) groups excluding carboxylic acids is 1. The Hall–Kier alpha value is -1.39. The highest BCUT2D eigenvalue weighted by Gasteiger charge is 2.26. The fraction of sp³-hybridized carbons (Fsp3) is 0.588. The van der Waals surface area contributed by atoms with Crippen LogP contribution in [0.25, 0.3) is 0 Å². The van der Waals surface area contributed by atoms with E-state index in [2.05, 4.69) is 34.5 Å². The molecule has 0 aromatic heterocycles. The molecular weight excluding hydrogens is 264 g/mol. The van der Waals surface area contributed by atoms with Crippen molar-refractivity contribution >= 4 is 5.91 Å². The van der Waals surface area contributed by atoms with E-state index in [4.69, 9.17) is 4.74 Å². The minimum absolute atomic E-state index is 0.117. The molecule has 1 atom stereocenters. The van der Waals surface area contributed by atoms with Crippen LogP contribution in [0.15, 0.2) is 30.3 Å². The molecule has 21 heavy (non-hydrogen) atoms. The summed E-state index contributed by atoms with van der Waals surface area (Å²) in [7, 11) is 0. The number of amides is 1. The number of rotatable bonds is 5. The van der Waals surface area contributed by atoms with Gasteiger partial charge in [-0.2, -0.15) is 0 Å². The molecule has 1 aromatic rings. The van der Waals surface area contributed by atoms with E-state index < -0.39 is 0 Å². The molecule has 1 aliphatic heterocycles. The van der Waals surface area contributed by atoms with Gasteiger partial charge in [0, 0.05) is 32.1 Å². The van der Waals surface area contributed by atoms with Crippen LogP contribution in [0.1, 0.15) is 24.8 Å². The molecule has 2 fully saturated rings. The molecule has 1 saturated carbocycles. The fourth-order valence-corrected chi connectivity index (χ4v) is 2.92. The van der Waals surface area contributed by atoms with Crippen molar-refractivity contribution in [3.8, 4) is 0 Å². The standard InChI is InChI=1S/C17H24N2O2/c20-17(15-7-4-8-15)18-11-16-13-19(9-10-21-16)12-14-5-2-1-3-6-14/h1-3,5-6,15-16H,4,7-13H2,(H,18,20)/t16-/m0/s1. The van der Waals surface area contributed by atoms with Crippen molar-refractivity contribution < 1.29 is 9.53 Å². The molecule has 0 spiro atoms. The van der Waals surface area contributed by atoms with Gasteiger partial charge >= 0.3 is 0 Å². The van der Waals surface area contributed by atoms with Crippen LogP contribution in [-0.2, 0) is 16.1 Å². The topological polar surface area (TPSA) is 41.6 Å². The van der Waals surface area contributed by atoms with E-state index in [1.165, 1.54) is 12.0 Å². The van der Waals surface area contributed by atoms with E-state index in [1.807, 2.05) is 6.07 Å². The van der Waals surface area contributed by atoms with E-state index in [9.17, 15) is 4.79 Å². The zero-order chi connectivity index (χ0) is 14.5. The zero-order valence-corrected chi connectivity index (χ0v) is 12.5. The first-order chi connectivity index (χ1) is 10.3. The molecule has 1 N–H and O–H groups in total. The molecule has 1 aromatic carbocycles. The van der Waals surface area contributed by atoms with Crippen molar-refractivity contribution in [3.05, 3.63) is 35.9 Å². The maximum Gasteiger partial charge on any atom is 0.223 e. The minimum atomic E-state index is 0.117. The molecule has 2 aliphatic rings. The molecule has 0 bridgehead atoms. The number of nitrogens with zero attached hydrogens (tertiary/aromatic N) is 1. The highest BCUT2D eigenvalue weighted by atomic mass is 16.5. The second kappa shape index (κ2) is 7.05. The van der Waals surface area contributed by atoms with Gasteiger partial charge in [-0.05, 0) is 18.4 Å². The minimum Gasteiger partial charge on any atom is -0.374 e. The molecule has 1 aliphatic carbocycles. The molecule has 4 heteroatoms. The fourth-order valence-electron chi connectivity index (χ4n) is 2.92. The number of hydrogen-bond donors (Lipinski definition) is 1. The molecule has 4 nitrogen and oxygen atoms in total. The molecule has 1 heterocycles. The lowest BCUT2D eigenvalue weighted by molar-refractivity contribution is -0.128. The lowest BCUT2D eigenvalue weighted by atomic mass is 9.85. The Balaban J connectivity index is 1.43. The summed E-state index contributed by atoms with van der Waals surface area (Å²) in [6.07, 6.45) is 3.42. The van der Waals surface area contributed by atoms with Gasteiger partial charge in [-0.25, -0.2) is 0 Å². The average molecular weight is 288 g/mol. The predicted octanol–water partition coefficient (Wildman–Crippen LogP) is 1.80. The molecule has 1 amide bonds. The molecular formula is C17H24N2O2. The largest absolute Gasteiger partial charge is 0.374 e. The van der Waals surface area contributed by atoms with Gasteiger partial charge in [0.05, 0.1) is 12.7 Å².